The Kier molecular flexibility index (Phi) is 5.81. The van der Waals surface area contributed by atoms with Crippen LogP contribution in [0.5, 0.6) is 0 Å². The van der Waals surface area contributed by atoms with Crippen LogP contribution >= 0.6 is 11.6 Å². The number of benzene rings is 1. The summed E-state index contributed by atoms with van der Waals surface area (Å²) in [7, 11) is 0. The van der Waals surface area contributed by atoms with Gasteiger partial charge in [0.15, 0.2) is 0 Å². The van der Waals surface area contributed by atoms with Gasteiger partial charge >= 0.3 is 0 Å². The van der Waals surface area contributed by atoms with Crippen LogP contribution in [0.1, 0.15) is 0 Å². The van der Waals surface area contributed by atoms with Crippen molar-refractivity contribution >= 4 is 34.6 Å². The third kappa shape index (κ3) is 4.44. The highest BCUT2D eigenvalue weighted by Gasteiger charge is 2.20. The lowest BCUT2D eigenvalue weighted by molar-refractivity contribution is -0.393. The van der Waals surface area contributed by atoms with Crippen molar-refractivity contribution < 1.29 is 19.4 Å². The van der Waals surface area contributed by atoms with E-state index in [0.29, 0.717) is 0 Å². The fraction of sp³-hybridized carbons (Fsp3) is 0.300. The van der Waals surface area contributed by atoms with Crippen LogP contribution in [-0.4, -0.2) is 34.8 Å². The van der Waals surface area contributed by atoms with Gasteiger partial charge in [0.1, 0.15) is 12.3 Å². The van der Waals surface area contributed by atoms with E-state index in [4.69, 9.17) is 16.3 Å². The van der Waals surface area contributed by atoms with Gasteiger partial charge in [0, 0.05) is 11.9 Å². The van der Waals surface area contributed by atoms with E-state index in [0.717, 1.165) is 18.2 Å². The van der Waals surface area contributed by atoms with Crippen molar-refractivity contribution in [2.45, 2.75) is 0 Å². The van der Waals surface area contributed by atoms with E-state index in [9.17, 15) is 25.0 Å². The quantitative estimate of drug-likeness (QED) is 0.354. The maximum Gasteiger partial charge on any atom is 0.299 e. The third-order valence-electron chi connectivity index (χ3n) is 2.12. The number of carbonyl (C=O) groups excluding carboxylic acids is 1. The summed E-state index contributed by atoms with van der Waals surface area (Å²) < 4.78 is 4.86. The Hall–Kier alpha value is -2.26. The van der Waals surface area contributed by atoms with Crippen molar-refractivity contribution in [3.05, 3.63) is 38.4 Å². The van der Waals surface area contributed by atoms with Gasteiger partial charge in [-0.05, 0) is 6.07 Å². The van der Waals surface area contributed by atoms with Crippen molar-refractivity contribution in [2.75, 3.05) is 24.4 Å². The summed E-state index contributed by atoms with van der Waals surface area (Å²) in [6.45, 7) is -0.155. The third-order valence-corrected chi connectivity index (χ3v) is 2.27. The van der Waals surface area contributed by atoms with Crippen LogP contribution in [0.25, 0.3) is 0 Å². The van der Waals surface area contributed by atoms with Gasteiger partial charge in [0.25, 0.3) is 17.3 Å². The van der Waals surface area contributed by atoms with E-state index in [2.05, 4.69) is 5.32 Å². The fourth-order valence-electron chi connectivity index (χ4n) is 1.30. The van der Waals surface area contributed by atoms with Crippen LogP contribution in [-0.2, 0) is 9.53 Å². The molecule has 0 bridgehead atoms. The highest BCUT2D eigenvalue weighted by molar-refractivity contribution is 6.18. The van der Waals surface area contributed by atoms with E-state index in [1.165, 1.54) is 0 Å². The number of amides is 1. The Balaban J connectivity index is 2.86. The van der Waals surface area contributed by atoms with Gasteiger partial charge in [-0.3, -0.25) is 25.0 Å². The number of anilines is 1. The number of alkyl halides is 1. The second kappa shape index (κ2) is 7.36. The van der Waals surface area contributed by atoms with Crippen LogP contribution in [0.15, 0.2) is 18.2 Å². The number of non-ortho nitro benzene ring substituents is 1. The minimum Gasteiger partial charge on any atom is -0.370 e. The Labute approximate surface area is 117 Å². The molecule has 0 aliphatic rings. The van der Waals surface area contributed by atoms with Crippen LogP contribution in [0, 0.1) is 20.2 Å². The monoisotopic (exact) mass is 303 g/mol. The van der Waals surface area contributed by atoms with E-state index in [1.807, 2.05) is 0 Å². The van der Waals surface area contributed by atoms with Gasteiger partial charge in [-0.1, -0.05) is 0 Å². The van der Waals surface area contributed by atoms with Crippen LogP contribution in [0.3, 0.4) is 0 Å². The summed E-state index contributed by atoms with van der Waals surface area (Å²) in [4.78, 5) is 31.2. The number of halogens is 1. The van der Waals surface area contributed by atoms with Gasteiger partial charge < -0.3 is 10.1 Å². The van der Waals surface area contributed by atoms with Gasteiger partial charge in [-0.15, -0.1) is 11.6 Å². The molecule has 0 aromatic heterocycles. The second-order valence-electron chi connectivity index (χ2n) is 3.51. The maximum absolute atomic E-state index is 11.4. The van der Waals surface area contributed by atoms with E-state index in [-0.39, 0.29) is 24.8 Å². The number of nitrogens with one attached hydrogen (secondary N) is 1. The molecule has 1 rings (SSSR count). The van der Waals surface area contributed by atoms with Crippen LogP contribution in [0.4, 0.5) is 17.1 Å². The molecule has 1 amide bonds. The van der Waals surface area contributed by atoms with Crippen molar-refractivity contribution in [1.29, 1.82) is 0 Å². The lowest BCUT2D eigenvalue weighted by Gasteiger charge is -2.06. The molecular formula is C10H10ClN3O6. The smallest absolute Gasteiger partial charge is 0.299 e. The molecule has 0 aliphatic heterocycles. The number of rotatable bonds is 7. The molecule has 0 radical (unpaired) electrons. The zero-order chi connectivity index (χ0) is 15.1. The Bertz CT molecular complexity index is 536. The van der Waals surface area contributed by atoms with E-state index >= 15 is 0 Å². The number of nitrogens with zero attached hydrogens (tertiary/aromatic N) is 2. The number of hydrogen-bond acceptors (Lipinski definition) is 6. The predicted octanol–water partition coefficient (Wildman–Crippen LogP) is 1.70. The first-order valence-electron chi connectivity index (χ1n) is 5.32. The number of nitro benzene ring substituents is 2. The minimum absolute atomic E-state index is 0.139. The lowest BCUT2D eigenvalue weighted by Crippen LogP contribution is -2.19. The molecular weight excluding hydrogens is 294 g/mol. The molecule has 0 aliphatic carbocycles. The summed E-state index contributed by atoms with van der Waals surface area (Å²) in [5, 5.41) is 23.6. The summed E-state index contributed by atoms with van der Waals surface area (Å²) >= 11 is 5.35. The average Bonchev–Trinajstić information content (AvgIpc) is 2.38. The second-order valence-corrected chi connectivity index (χ2v) is 3.88. The molecule has 0 heterocycles. The average molecular weight is 304 g/mol. The first-order valence-corrected chi connectivity index (χ1v) is 5.85. The molecule has 108 valence electrons. The van der Waals surface area contributed by atoms with E-state index in [1.54, 1.807) is 0 Å². The summed E-state index contributed by atoms with van der Waals surface area (Å²) in [5.74, 6) is -0.405. The predicted molar refractivity (Wildman–Crippen MR) is 69.9 cm³/mol. The number of carbonyl (C=O) groups is 1. The van der Waals surface area contributed by atoms with Crippen LogP contribution in [0.2, 0.25) is 0 Å². The van der Waals surface area contributed by atoms with Crippen molar-refractivity contribution in [3.63, 3.8) is 0 Å². The Morgan fingerprint density at radius 2 is 2.00 bits per heavy atom. The van der Waals surface area contributed by atoms with Crippen molar-refractivity contribution in [3.8, 4) is 0 Å². The highest BCUT2D eigenvalue weighted by Crippen LogP contribution is 2.28. The van der Waals surface area contributed by atoms with E-state index < -0.39 is 27.1 Å². The number of nitro groups is 2. The van der Waals surface area contributed by atoms with Crippen molar-refractivity contribution in [1.82, 2.24) is 0 Å². The highest BCUT2D eigenvalue weighted by atomic mass is 35.5. The van der Waals surface area contributed by atoms with Gasteiger partial charge in [0.2, 0.25) is 0 Å². The Morgan fingerprint density at radius 3 is 2.55 bits per heavy atom. The number of hydrogen-bond donors (Lipinski definition) is 1. The molecule has 10 heteroatoms. The normalized spacial score (nSPS) is 10.1. The first kappa shape index (κ1) is 15.8. The summed E-state index contributed by atoms with van der Waals surface area (Å²) in [6.07, 6.45) is 0. The standard InChI is InChI=1S/C10H10ClN3O6/c11-3-4-20-6-10(15)12-8-2-1-7(13(16)17)5-9(8)14(18)19/h1-2,5H,3-4,6H2,(H,12,15). The van der Waals surface area contributed by atoms with Gasteiger partial charge in [0.05, 0.1) is 22.5 Å². The molecule has 1 aromatic rings. The fourth-order valence-corrected chi connectivity index (χ4v) is 1.41. The van der Waals surface area contributed by atoms with Gasteiger partial charge in [-0.25, -0.2) is 0 Å². The molecule has 0 saturated carbocycles. The Morgan fingerprint density at radius 1 is 1.30 bits per heavy atom. The molecule has 9 nitrogen and oxygen atoms in total. The molecule has 0 saturated heterocycles. The molecule has 20 heavy (non-hydrogen) atoms. The van der Waals surface area contributed by atoms with Gasteiger partial charge in [-0.2, -0.15) is 0 Å². The molecule has 0 atom stereocenters. The molecule has 0 spiro atoms. The largest absolute Gasteiger partial charge is 0.370 e. The van der Waals surface area contributed by atoms with Crippen LogP contribution < -0.4 is 5.32 Å². The summed E-state index contributed by atoms with van der Waals surface area (Å²) in [5.41, 5.74) is -1.14. The zero-order valence-electron chi connectivity index (χ0n) is 10.1. The number of ether oxygens (including phenoxy) is 1. The molecule has 0 fully saturated rings. The molecule has 1 aromatic carbocycles. The molecule has 1 N–H and O–H groups in total. The molecule has 0 unspecified atom stereocenters. The first-order chi connectivity index (χ1) is 9.45. The maximum atomic E-state index is 11.4. The van der Waals surface area contributed by atoms with Crippen molar-refractivity contribution in [2.24, 2.45) is 0 Å². The topological polar surface area (TPSA) is 125 Å². The minimum atomic E-state index is -0.817. The zero-order valence-corrected chi connectivity index (χ0v) is 10.8. The SMILES string of the molecule is O=C(COCCCl)Nc1ccc([N+](=O)[O-])cc1[N+](=O)[O-]. The summed E-state index contributed by atoms with van der Waals surface area (Å²) in [6, 6.07) is 2.92. The lowest BCUT2D eigenvalue weighted by atomic mass is 10.2.